The zero-order valence-electron chi connectivity index (χ0n) is 11.0. The molecule has 0 radical (unpaired) electrons. The van der Waals surface area contributed by atoms with Crippen LogP contribution in [0.4, 0.5) is 0 Å². The second kappa shape index (κ2) is 6.03. The first-order valence-corrected chi connectivity index (χ1v) is 8.09. The summed E-state index contributed by atoms with van der Waals surface area (Å²) < 4.78 is 5.62. The minimum atomic E-state index is -0.0378. The minimum Gasteiger partial charge on any atom is -0.457 e. The molecule has 0 aliphatic heterocycles. The molecule has 1 aliphatic carbocycles. The molecular formula is C15H12BrCl2NO2. The van der Waals surface area contributed by atoms with Crippen molar-refractivity contribution in [2.24, 2.45) is 0 Å². The van der Waals surface area contributed by atoms with E-state index in [0.29, 0.717) is 26.8 Å². The van der Waals surface area contributed by atoms with E-state index in [0.717, 1.165) is 18.4 Å². The monoisotopic (exact) mass is 387 g/mol. The maximum Gasteiger partial charge on any atom is 0.258 e. The molecule has 3 rings (SSSR count). The molecule has 0 bridgehead atoms. The molecule has 1 heterocycles. The fourth-order valence-electron chi connectivity index (χ4n) is 2.19. The van der Waals surface area contributed by atoms with Gasteiger partial charge in [0.2, 0.25) is 0 Å². The first-order valence-electron chi connectivity index (χ1n) is 6.54. The molecule has 0 N–H and O–H groups in total. The van der Waals surface area contributed by atoms with Crippen LogP contribution in [0.2, 0.25) is 10.0 Å². The van der Waals surface area contributed by atoms with Crippen LogP contribution in [0, 0.1) is 0 Å². The second-order valence-corrected chi connectivity index (χ2v) is 6.56. The number of furan rings is 1. The van der Waals surface area contributed by atoms with Gasteiger partial charge in [-0.2, -0.15) is 0 Å². The summed E-state index contributed by atoms with van der Waals surface area (Å²) in [6.45, 7) is 0.512. The number of carbonyl (C=O) groups excluding carboxylic acids is 1. The quantitative estimate of drug-likeness (QED) is 0.725. The third-order valence-electron chi connectivity index (χ3n) is 3.43. The highest BCUT2D eigenvalue weighted by molar-refractivity contribution is 9.10. The summed E-state index contributed by atoms with van der Waals surface area (Å²) in [7, 11) is 0. The molecule has 0 spiro atoms. The Hall–Kier alpha value is -0.970. The van der Waals surface area contributed by atoms with Crippen molar-refractivity contribution in [2.45, 2.75) is 25.4 Å². The number of nitrogens with zero attached hydrogens (tertiary/aromatic N) is 1. The number of amides is 1. The second-order valence-electron chi connectivity index (χ2n) is 5.02. The summed E-state index contributed by atoms with van der Waals surface area (Å²) in [6, 6.07) is 7.41. The summed E-state index contributed by atoms with van der Waals surface area (Å²) in [5.41, 5.74) is 1.51. The molecule has 0 unspecified atom stereocenters. The van der Waals surface area contributed by atoms with Crippen molar-refractivity contribution in [3.63, 3.8) is 0 Å². The van der Waals surface area contributed by atoms with Crippen molar-refractivity contribution in [3.05, 3.63) is 56.4 Å². The lowest BCUT2D eigenvalue weighted by Gasteiger charge is -2.22. The predicted molar refractivity (Wildman–Crippen MR) is 85.8 cm³/mol. The number of hydrogen-bond donors (Lipinski definition) is 0. The Morgan fingerprint density at radius 2 is 2.05 bits per heavy atom. The van der Waals surface area contributed by atoms with Crippen LogP contribution in [0.1, 0.15) is 28.8 Å². The van der Waals surface area contributed by atoms with E-state index in [2.05, 4.69) is 15.9 Å². The van der Waals surface area contributed by atoms with Crippen LogP contribution in [0.25, 0.3) is 0 Å². The summed E-state index contributed by atoms with van der Waals surface area (Å²) in [5, 5.41) is 1.02. The summed E-state index contributed by atoms with van der Waals surface area (Å²) in [6.07, 6.45) is 3.56. The summed E-state index contributed by atoms with van der Waals surface area (Å²) >= 11 is 15.2. The van der Waals surface area contributed by atoms with E-state index in [1.807, 2.05) is 11.0 Å². The molecule has 2 aromatic rings. The fraction of sp³-hybridized carbons (Fsp3) is 0.267. The van der Waals surface area contributed by atoms with Gasteiger partial charge >= 0.3 is 0 Å². The van der Waals surface area contributed by atoms with Crippen LogP contribution in [-0.4, -0.2) is 16.8 Å². The Balaban J connectivity index is 1.83. The van der Waals surface area contributed by atoms with Gasteiger partial charge in [0.15, 0.2) is 4.67 Å². The first-order chi connectivity index (χ1) is 10.1. The highest BCUT2D eigenvalue weighted by Crippen LogP contribution is 2.32. The SMILES string of the molecule is O=C(c1ccoc1Br)N(Cc1ccc(Cl)c(Cl)c1)C1CC1. The normalized spacial score (nSPS) is 14.2. The average molecular weight is 389 g/mol. The van der Waals surface area contributed by atoms with E-state index in [1.165, 1.54) is 6.26 Å². The molecule has 110 valence electrons. The van der Waals surface area contributed by atoms with Gasteiger partial charge in [-0.25, -0.2) is 0 Å². The molecule has 21 heavy (non-hydrogen) atoms. The largest absolute Gasteiger partial charge is 0.457 e. The highest BCUT2D eigenvalue weighted by Gasteiger charge is 2.34. The number of carbonyl (C=O) groups is 1. The van der Waals surface area contributed by atoms with Crippen LogP contribution < -0.4 is 0 Å². The van der Waals surface area contributed by atoms with Crippen LogP contribution in [-0.2, 0) is 6.54 Å². The van der Waals surface area contributed by atoms with Gasteiger partial charge in [0.05, 0.1) is 21.9 Å². The molecule has 1 fully saturated rings. The smallest absolute Gasteiger partial charge is 0.258 e. The van der Waals surface area contributed by atoms with Crippen molar-refractivity contribution in [2.75, 3.05) is 0 Å². The van der Waals surface area contributed by atoms with Crippen LogP contribution in [0.3, 0.4) is 0 Å². The molecule has 1 aliphatic rings. The van der Waals surface area contributed by atoms with Gasteiger partial charge in [0.25, 0.3) is 5.91 Å². The molecule has 3 nitrogen and oxygen atoms in total. The van der Waals surface area contributed by atoms with Crippen molar-refractivity contribution in [1.82, 2.24) is 4.90 Å². The third-order valence-corrected chi connectivity index (χ3v) is 4.79. The van der Waals surface area contributed by atoms with E-state index in [9.17, 15) is 4.79 Å². The lowest BCUT2D eigenvalue weighted by Crippen LogP contribution is -2.32. The van der Waals surface area contributed by atoms with E-state index >= 15 is 0 Å². The first kappa shape index (κ1) is 14.9. The number of rotatable bonds is 4. The van der Waals surface area contributed by atoms with E-state index in [4.69, 9.17) is 27.6 Å². The summed E-state index contributed by atoms with van der Waals surface area (Å²) in [4.78, 5) is 14.5. The molecule has 1 aromatic carbocycles. The zero-order valence-corrected chi connectivity index (χ0v) is 14.1. The number of hydrogen-bond acceptors (Lipinski definition) is 2. The van der Waals surface area contributed by atoms with Crippen molar-refractivity contribution < 1.29 is 9.21 Å². The molecular weight excluding hydrogens is 377 g/mol. The zero-order chi connectivity index (χ0) is 15.0. The Morgan fingerprint density at radius 1 is 1.29 bits per heavy atom. The number of halogens is 3. The van der Waals surface area contributed by atoms with E-state index < -0.39 is 0 Å². The highest BCUT2D eigenvalue weighted by atomic mass is 79.9. The standard InChI is InChI=1S/C15H12BrCl2NO2/c16-14-11(5-6-21-14)15(20)19(10-2-3-10)8-9-1-4-12(17)13(18)7-9/h1,4-7,10H,2-3,8H2. The van der Waals surface area contributed by atoms with Crippen molar-refractivity contribution in [3.8, 4) is 0 Å². The predicted octanol–water partition coefficient (Wildman–Crippen LogP) is 5.15. The van der Waals surface area contributed by atoms with Crippen molar-refractivity contribution in [1.29, 1.82) is 0 Å². The van der Waals surface area contributed by atoms with Gasteiger partial charge in [-0.3, -0.25) is 4.79 Å². The van der Waals surface area contributed by atoms with Gasteiger partial charge < -0.3 is 9.32 Å². The minimum absolute atomic E-state index is 0.0378. The average Bonchev–Trinajstić information content (AvgIpc) is 3.21. The van der Waals surface area contributed by atoms with Gasteiger partial charge in [0.1, 0.15) is 0 Å². The molecule has 1 aromatic heterocycles. The van der Waals surface area contributed by atoms with Crippen LogP contribution in [0.15, 0.2) is 39.6 Å². The molecule has 1 amide bonds. The maximum atomic E-state index is 12.6. The molecule has 0 atom stereocenters. The lowest BCUT2D eigenvalue weighted by atomic mass is 10.2. The van der Waals surface area contributed by atoms with E-state index in [-0.39, 0.29) is 11.9 Å². The maximum absolute atomic E-state index is 12.6. The van der Waals surface area contributed by atoms with Crippen molar-refractivity contribution >= 4 is 45.0 Å². The van der Waals surface area contributed by atoms with Gasteiger partial charge in [-0.05, 0) is 52.5 Å². The molecule has 0 saturated heterocycles. The van der Waals surface area contributed by atoms with Gasteiger partial charge in [-0.15, -0.1) is 0 Å². The Morgan fingerprint density at radius 3 is 2.62 bits per heavy atom. The van der Waals surface area contributed by atoms with Gasteiger partial charge in [0, 0.05) is 12.6 Å². The number of benzene rings is 1. The Labute approximate surface area is 140 Å². The summed E-state index contributed by atoms with van der Waals surface area (Å²) in [5.74, 6) is -0.0378. The molecule has 1 saturated carbocycles. The molecule has 6 heteroatoms. The lowest BCUT2D eigenvalue weighted by molar-refractivity contribution is 0.0728. The van der Waals surface area contributed by atoms with Crippen LogP contribution in [0.5, 0.6) is 0 Å². The van der Waals surface area contributed by atoms with Gasteiger partial charge in [-0.1, -0.05) is 29.3 Å². The third kappa shape index (κ3) is 3.28. The Bertz CT molecular complexity index is 682. The fourth-order valence-corrected chi connectivity index (χ4v) is 2.92. The topological polar surface area (TPSA) is 33.5 Å². The Kier molecular flexibility index (Phi) is 4.29. The van der Waals surface area contributed by atoms with E-state index in [1.54, 1.807) is 18.2 Å². The van der Waals surface area contributed by atoms with Crippen LogP contribution >= 0.6 is 39.1 Å².